The van der Waals surface area contributed by atoms with Crippen molar-refractivity contribution >= 4 is 0 Å². The van der Waals surface area contributed by atoms with Crippen molar-refractivity contribution in [3.05, 3.63) is 312 Å². The molecule has 0 radical (unpaired) electrons. The monoisotopic (exact) mass is 1930 g/mol. The van der Waals surface area contributed by atoms with Crippen molar-refractivity contribution in [1.82, 2.24) is 161 Å². The summed E-state index contributed by atoms with van der Waals surface area (Å²) >= 11 is 0. The van der Waals surface area contributed by atoms with Gasteiger partial charge in [-0.05, 0) is 187 Å². The molecule has 1 fully saturated rings. The van der Waals surface area contributed by atoms with Gasteiger partial charge in [-0.25, -0.2) is 39.9 Å². The molecule has 25 rings (SSSR count). The second kappa shape index (κ2) is 40.5. The van der Waals surface area contributed by atoms with Crippen molar-refractivity contribution in [3.8, 4) is 135 Å². The maximum atomic E-state index is 5.45. The van der Waals surface area contributed by atoms with E-state index >= 15 is 0 Å². The molecule has 35 nitrogen and oxygen atoms in total. The van der Waals surface area contributed by atoms with Gasteiger partial charge in [0, 0.05) is 312 Å². The molecule has 0 bridgehead atoms. The normalized spacial score (nSPS) is 13.3. The van der Waals surface area contributed by atoms with Crippen LogP contribution in [0.2, 0.25) is 0 Å². The van der Waals surface area contributed by atoms with E-state index in [2.05, 4.69) is 215 Å². The molecule has 20 aromatic heterocycles. The number of ether oxygens (including phenoxy) is 2. The molecule has 5 aliphatic rings. The van der Waals surface area contributed by atoms with Crippen LogP contribution in [-0.4, -0.2) is 208 Å². The van der Waals surface area contributed by atoms with E-state index in [1.54, 1.807) is 25.8 Å². The molecule has 21 heterocycles. The fourth-order valence-corrected chi connectivity index (χ4v) is 20.4. The SMILES string of the molecule is CC(C)n1cc(Cc2ncc3c(n2)-c2c(cn(C)c2-c2ccc(-c4cnn(C)c4)nc2)CC3)cn1.CCn1cc(Cc2ncc3c(n2)-c2c(cn(C)c2-c2ccc(-c4cnn(C)c4)nc2)CC3)cn1.COCCn1cc(Cc2ncc3c(n2)-c2c(cn(C)c2-c2ccc(-c4cnn(C)c4)nc2)CC3)cn1.Cn1cc(-c2ccc(-c3c4c(cn3C)CCc3cnc(Cc5cnn(CCN6CCOCC6)c5)nc3-4)cn2)cn1. The molecule has 4 aliphatic carbocycles. The van der Waals surface area contributed by atoms with E-state index in [0.717, 1.165) is 262 Å². The van der Waals surface area contributed by atoms with E-state index in [9.17, 15) is 0 Å². The van der Waals surface area contributed by atoms with Crippen LogP contribution in [0.3, 0.4) is 0 Å². The number of aromatic nitrogens is 32. The third-order valence-electron chi connectivity index (χ3n) is 27.7. The fraction of sp³-hybridized carbons (Fsp3) is 0.309. The lowest BCUT2D eigenvalue weighted by Gasteiger charge is -2.26. The number of morpholine rings is 1. The van der Waals surface area contributed by atoms with Crippen molar-refractivity contribution in [2.75, 3.05) is 46.6 Å². The highest BCUT2D eigenvalue weighted by Crippen LogP contribution is 2.47. The van der Waals surface area contributed by atoms with Gasteiger partial charge in [0.05, 0.1) is 151 Å². The Kier molecular flexibility index (Phi) is 26.2. The Morgan fingerprint density at radius 1 is 0.297 bits per heavy atom. The maximum Gasteiger partial charge on any atom is 0.133 e. The number of fused-ring (bicyclic) bond motifs is 12. The molecule has 732 valence electrons. The largest absolute Gasteiger partial charge is 0.383 e. The maximum absolute atomic E-state index is 5.45. The van der Waals surface area contributed by atoms with Crippen molar-refractivity contribution in [1.29, 1.82) is 0 Å². The van der Waals surface area contributed by atoms with E-state index in [4.69, 9.17) is 59.3 Å². The van der Waals surface area contributed by atoms with Crippen LogP contribution in [0.5, 0.6) is 0 Å². The lowest BCUT2D eigenvalue weighted by molar-refractivity contribution is 0.0359. The minimum Gasteiger partial charge on any atom is -0.383 e. The number of aryl methyl sites for hydroxylation is 17. The van der Waals surface area contributed by atoms with Gasteiger partial charge in [-0.15, -0.1) is 0 Å². The first kappa shape index (κ1) is 93.6. The molecule has 0 N–H and O–H groups in total. The predicted molar refractivity (Wildman–Crippen MR) is 552 cm³/mol. The molecule has 1 saturated heterocycles. The van der Waals surface area contributed by atoms with Crippen LogP contribution >= 0.6 is 0 Å². The molecule has 145 heavy (non-hydrogen) atoms. The number of methoxy groups -OCH3 is 1. The zero-order valence-electron chi connectivity index (χ0n) is 83.8. The van der Waals surface area contributed by atoms with E-state index in [1.807, 2.05) is 177 Å². The summed E-state index contributed by atoms with van der Waals surface area (Å²) in [5.41, 5.74) is 40.0. The van der Waals surface area contributed by atoms with Crippen LogP contribution in [0.25, 0.3) is 135 Å². The zero-order valence-corrected chi connectivity index (χ0v) is 83.8. The highest BCUT2D eigenvalue weighted by molar-refractivity contribution is 5.90. The molecule has 20 aromatic rings. The van der Waals surface area contributed by atoms with Crippen LogP contribution in [0.4, 0.5) is 0 Å². The van der Waals surface area contributed by atoms with Gasteiger partial charge >= 0.3 is 0 Å². The quantitative estimate of drug-likeness (QED) is 0.0542. The van der Waals surface area contributed by atoms with Gasteiger partial charge in [0.25, 0.3) is 0 Å². The van der Waals surface area contributed by atoms with E-state index in [0.29, 0.717) is 38.3 Å². The second-order valence-corrected chi connectivity index (χ2v) is 38.4. The third kappa shape index (κ3) is 19.8. The molecule has 0 saturated carbocycles. The average molecular weight is 1930 g/mol. The number of pyridine rings is 4. The summed E-state index contributed by atoms with van der Waals surface area (Å²) in [5, 5.41) is 34.9. The van der Waals surface area contributed by atoms with Gasteiger partial charge in [-0.2, -0.15) is 40.8 Å². The number of hydrogen-bond donors (Lipinski definition) is 0. The van der Waals surface area contributed by atoms with Gasteiger partial charge in [-0.1, -0.05) is 0 Å². The van der Waals surface area contributed by atoms with Crippen molar-refractivity contribution < 1.29 is 9.47 Å². The summed E-state index contributed by atoms with van der Waals surface area (Å²) in [6.07, 6.45) is 66.4. The predicted octanol–water partition coefficient (Wildman–Crippen LogP) is 14.9. The summed E-state index contributed by atoms with van der Waals surface area (Å²) in [7, 11) is 17.8. The first-order chi connectivity index (χ1) is 70.7. The molecule has 0 unspecified atom stereocenters. The number of nitrogens with zero attached hydrogens (tertiary/aromatic N) is 33. The van der Waals surface area contributed by atoms with Crippen molar-refractivity contribution in [2.24, 2.45) is 56.4 Å². The van der Waals surface area contributed by atoms with Crippen molar-refractivity contribution in [2.45, 2.75) is 123 Å². The summed E-state index contributed by atoms with van der Waals surface area (Å²) in [4.78, 5) is 60.6. The second-order valence-electron chi connectivity index (χ2n) is 38.4. The van der Waals surface area contributed by atoms with Crippen molar-refractivity contribution in [3.63, 3.8) is 0 Å². The average Bonchev–Trinajstić information content (AvgIpc) is 1.63. The molecular formula is C110H115N33O2. The van der Waals surface area contributed by atoms with Crippen LogP contribution in [0.1, 0.15) is 117 Å². The van der Waals surface area contributed by atoms with Gasteiger partial charge in [0.2, 0.25) is 0 Å². The van der Waals surface area contributed by atoms with E-state index in [1.165, 1.54) is 66.8 Å². The van der Waals surface area contributed by atoms with Gasteiger partial charge in [0.1, 0.15) is 23.3 Å². The molecule has 1 aliphatic heterocycles. The number of rotatable bonds is 24. The summed E-state index contributed by atoms with van der Waals surface area (Å²) in [6.45, 7) is 14.0. The Hall–Kier alpha value is -16.4. The van der Waals surface area contributed by atoms with E-state index < -0.39 is 0 Å². The summed E-state index contributed by atoms with van der Waals surface area (Å²) < 4.78 is 34.4. The van der Waals surface area contributed by atoms with Crippen LogP contribution < -0.4 is 0 Å². The first-order valence-corrected chi connectivity index (χ1v) is 49.6. The Morgan fingerprint density at radius 3 is 0.883 bits per heavy atom. The molecule has 0 aromatic carbocycles. The van der Waals surface area contributed by atoms with Gasteiger partial charge in [-0.3, -0.25) is 62.3 Å². The highest BCUT2D eigenvalue weighted by Gasteiger charge is 2.33. The Balaban J connectivity index is 0.000000110. The Morgan fingerprint density at radius 2 is 0.600 bits per heavy atom. The smallest absolute Gasteiger partial charge is 0.133 e. The summed E-state index contributed by atoms with van der Waals surface area (Å²) in [6, 6.07) is 17.1. The van der Waals surface area contributed by atoms with Crippen LogP contribution in [0, 0.1) is 0 Å². The fourth-order valence-electron chi connectivity index (χ4n) is 20.4. The Bertz CT molecular complexity index is 8040. The van der Waals surface area contributed by atoms with E-state index in [-0.39, 0.29) is 0 Å². The zero-order chi connectivity index (χ0) is 99.0. The third-order valence-corrected chi connectivity index (χ3v) is 27.7. The molecule has 0 atom stereocenters. The van der Waals surface area contributed by atoms with Crippen LogP contribution in [0.15, 0.2) is 222 Å². The molecular weight excluding hydrogens is 1820 g/mol. The molecule has 35 heteroatoms. The first-order valence-electron chi connectivity index (χ1n) is 49.6. The lowest BCUT2D eigenvalue weighted by Crippen LogP contribution is -2.38. The van der Waals surface area contributed by atoms with Crippen LogP contribution in [-0.2, 0) is 163 Å². The minimum absolute atomic E-state index is 0.334. The highest BCUT2D eigenvalue weighted by atomic mass is 16.5. The lowest BCUT2D eigenvalue weighted by atomic mass is 9.90. The Labute approximate surface area is 839 Å². The molecule has 0 amide bonds. The van der Waals surface area contributed by atoms with Gasteiger partial charge in [0.15, 0.2) is 0 Å². The summed E-state index contributed by atoms with van der Waals surface area (Å²) in [5.74, 6) is 3.26. The standard InChI is InChI=1S/C30H33N9O.C27H28N8O.C27H28N8.C26H26N8/c1-36-19-24-4-3-22-15-32-27(13-21-14-34-39(18-21)8-7-38-9-11-40-12-10-38)35-29(22)28(24)30(36)23-5-6-26(31-16-23)25-17-33-37(2)20-25;1-33-16-21-5-4-19-12-29-24(10-18-11-31-35(15-18)8-9-36-3)32-26(19)25(21)27(33)20-6-7-23(28-13-20)22-14-30-34(2)17-22;1-17(2)35-14-18(10-31-35)9-24-29-11-19-5-6-21-15-33(3)27(25(21)26(19)32-24)20-7-8-23(28-12-20)22-13-30-34(4)16-22;1-4-34-14-17(10-30-34)9-23-28-11-18-5-6-20-15-32(2)26(24(20)25(18)31-23)19-7-8-22(27-12-19)21-13-29-33(3)16-21/h5-6,14-20H,3-4,7-13H2,1-2H3;6-7,11-17H,4-5,8-10H2,1-3H3;7-8,10-17H,5-6,9H2,1-4H3;7-8,10-16H,4-6,9H2,1-3H3. The van der Waals surface area contributed by atoms with Gasteiger partial charge < -0.3 is 27.7 Å². The number of hydrogen-bond acceptors (Lipinski definition) is 23. The topological polar surface area (TPSA) is 339 Å². The molecule has 0 spiro atoms. The minimum atomic E-state index is 0.334.